The number of anilines is 6. The topological polar surface area (TPSA) is 6.48 Å². The maximum Gasteiger partial charge on any atom is 0.249 e. The summed E-state index contributed by atoms with van der Waals surface area (Å²) in [5, 5.41) is 0. The molecule has 0 saturated carbocycles. The minimum atomic E-state index is -1.94. The van der Waals surface area contributed by atoms with Gasteiger partial charge in [0, 0.05) is 43.9 Å². The summed E-state index contributed by atoms with van der Waals surface area (Å²) < 4.78 is 0. The zero-order chi connectivity index (χ0) is 45.5. The Kier molecular flexibility index (Phi) is 10.3. The standard InChI is InChI=1S/C61H61BN2S/c1-42-39-55-58-57(40-42)65(50-19-13-11-14-20-50,51-21-15-12-16-22-51)56-24-18-17-23-52(56)62(58)53-41-49(37-38-54(53)64(55)48-35-29-45(30-36-48)61(8,9)10)63(46-31-25-43(26-32-46)59(2,3)4)47-33-27-44(28-34-47)60(5,6)7/h11-41H,1-10H3. The SMILES string of the molecule is Cc1cc2c3c(c1)S(c1ccccc1)(c1ccccc1)c1ccccc1B3c1cc(N(c3ccc(C(C)(C)C)cc3)c3ccc(C(C)(C)C)cc3)ccc1N2c1ccc(C(C)(C)C)cc1. The van der Waals surface area contributed by atoms with Gasteiger partial charge in [-0.05, 0) is 163 Å². The van der Waals surface area contributed by atoms with Crippen molar-refractivity contribution < 1.29 is 0 Å². The van der Waals surface area contributed by atoms with Gasteiger partial charge in [0.1, 0.15) is 0 Å². The van der Waals surface area contributed by atoms with Gasteiger partial charge in [0.25, 0.3) is 0 Å². The molecule has 0 bridgehead atoms. The summed E-state index contributed by atoms with van der Waals surface area (Å²) >= 11 is 0. The van der Waals surface area contributed by atoms with Crippen LogP contribution in [0, 0.1) is 6.92 Å². The number of fused-ring (bicyclic) bond motifs is 4. The van der Waals surface area contributed by atoms with Crippen molar-refractivity contribution in [3.63, 3.8) is 0 Å². The second kappa shape index (κ2) is 15.7. The maximum atomic E-state index is 2.57. The molecule has 0 unspecified atom stereocenters. The molecule has 0 aromatic heterocycles. The van der Waals surface area contributed by atoms with Crippen molar-refractivity contribution in [1.29, 1.82) is 0 Å². The molecule has 0 spiro atoms. The summed E-state index contributed by atoms with van der Waals surface area (Å²) in [6, 6.07) is 72.2. The molecule has 2 aliphatic rings. The van der Waals surface area contributed by atoms with E-state index in [1.54, 1.807) is 0 Å². The van der Waals surface area contributed by atoms with Crippen LogP contribution in [-0.2, 0) is 16.2 Å². The van der Waals surface area contributed by atoms with Gasteiger partial charge >= 0.3 is 0 Å². The predicted molar refractivity (Wildman–Crippen MR) is 281 cm³/mol. The van der Waals surface area contributed by atoms with Crippen LogP contribution >= 0.6 is 10.0 Å². The van der Waals surface area contributed by atoms with E-state index in [9.17, 15) is 0 Å². The second-order valence-electron chi connectivity index (χ2n) is 21.2. The molecule has 2 heterocycles. The first-order valence-corrected chi connectivity index (χ1v) is 24.9. The monoisotopic (exact) mass is 864 g/mol. The number of nitrogens with zero attached hydrogens (tertiary/aromatic N) is 2. The summed E-state index contributed by atoms with van der Waals surface area (Å²) in [7, 11) is -1.94. The molecule has 0 amide bonds. The number of hydrogen-bond acceptors (Lipinski definition) is 2. The minimum absolute atomic E-state index is 0.00159. The number of benzene rings is 8. The summed E-state index contributed by atoms with van der Waals surface area (Å²) in [6.45, 7) is 22.9. The van der Waals surface area contributed by atoms with Crippen LogP contribution in [0.2, 0.25) is 0 Å². The number of hydrogen-bond donors (Lipinski definition) is 0. The first-order valence-electron chi connectivity index (χ1n) is 23.3. The van der Waals surface area contributed by atoms with Crippen LogP contribution in [0.3, 0.4) is 0 Å². The van der Waals surface area contributed by atoms with Gasteiger partial charge in [-0.15, -0.1) is 10.0 Å². The van der Waals surface area contributed by atoms with Gasteiger partial charge in [-0.1, -0.05) is 159 Å². The molecule has 65 heavy (non-hydrogen) atoms. The van der Waals surface area contributed by atoms with Crippen molar-refractivity contribution in [2.45, 2.75) is 105 Å². The molecule has 8 aromatic rings. The van der Waals surface area contributed by atoms with Crippen LogP contribution < -0.4 is 26.2 Å². The number of aryl methyl sites for hydroxylation is 1. The minimum Gasteiger partial charge on any atom is -0.311 e. The molecule has 0 saturated heterocycles. The van der Waals surface area contributed by atoms with Gasteiger partial charge in [-0.2, -0.15) is 0 Å². The van der Waals surface area contributed by atoms with E-state index in [0.29, 0.717) is 0 Å². The first-order chi connectivity index (χ1) is 31.0. The maximum absolute atomic E-state index is 2.57. The molecule has 0 fully saturated rings. The van der Waals surface area contributed by atoms with E-state index in [-0.39, 0.29) is 23.0 Å². The highest BCUT2D eigenvalue weighted by atomic mass is 32.3. The van der Waals surface area contributed by atoms with Crippen molar-refractivity contribution in [1.82, 2.24) is 0 Å². The summed E-state index contributed by atoms with van der Waals surface area (Å²) in [6.07, 6.45) is 0. The largest absolute Gasteiger partial charge is 0.311 e. The first kappa shape index (κ1) is 42.7. The Morgan fingerprint density at radius 3 is 1.38 bits per heavy atom. The Balaban J connectivity index is 1.28. The van der Waals surface area contributed by atoms with Crippen molar-refractivity contribution in [2.75, 3.05) is 9.80 Å². The molecule has 10 rings (SSSR count). The van der Waals surface area contributed by atoms with E-state index >= 15 is 0 Å². The van der Waals surface area contributed by atoms with Crippen LogP contribution in [0.4, 0.5) is 34.1 Å². The average molecular weight is 865 g/mol. The van der Waals surface area contributed by atoms with Gasteiger partial charge in [0.05, 0.1) is 0 Å². The molecule has 0 radical (unpaired) electrons. The van der Waals surface area contributed by atoms with E-state index in [1.165, 1.54) is 75.3 Å². The highest BCUT2D eigenvalue weighted by Crippen LogP contribution is 2.74. The van der Waals surface area contributed by atoms with E-state index in [2.05, 4.69) is 267 Å². The molecule has 4 heteroatoms. The lowest BCUT2D eigenvalue weighted by atomic mass is 9.34. The highest BCUT2D eigenvalue weighted by molar-refractivity contribution is 8.34. The molecule has 2 nitrogen and oxygen atoms in total. The Morgan fingerprint density at radius 1 is 0.415 bits per heavy atom. The summed E-state index contributed by atoms with van der Waals surface area (Å²) in [4.78, 5) is 10.6. The van der Waals surface area contributed by atoms with Gasteiger partial charge < -0.3 is 9.80 Å². The average Bonchev–Trinajstić information content (AvgIpc) is 3.29. The lowest BCUT2D eigenvalue weighted by molar-refractivity contribution is 0.590. The smallest absolute Gasteiger partial charge is 0.249 e. The third-order valence-corrected chi connectivity index (χ3v) is 17.7. The van der Waals surface area contributed by atoms with Crippen LogP contribution in [0.1, 0.15) is 84.6 Å². The predicted octanol–water partition coefficient (Wildman–Crippen LogP) is 15.3. The van der Waals surface area contributed by atoms with Crippen molar-refractivity contribution in [3.8, 4) is 0 Å². The van der Waals surface area contributed by atoms with Gasteiger partial charge in [-0.3, -0.25) is 0 Å². The van der Waals surface area contributed by atoms with Crippen LogP contribution in [0.5, 0.6) is 0 Å². The Bertz CT molecular complexity index is 2930. The fourth-order valence-electron chi connectivity index (χ4n) is 10.3. The van der Waals surface area contributed by atoms with Crippen molar-refractivity contribution in [2.24, 2.45) is 0 Å². The Labute approximate surface area is 390 Å². The molecule has 8 aromatic carbocycles. The van der Waals surface area contributed by atoms with Crippen molar-refractivity contribution >= 4 is 67.3 Å². The highest BCUT2D eigenvalue weighted by Gasteiger charge is 2.49. The molecule has 324 valence electrons. The third kappa shape index (κ3) is 7.22. The van der Waals surface area contributed by atoms with Crippen LogP contribution in [0.15, 0.2) is 208 Å². The zero-order valence-corrected chi connectivity index (χ0v) is 40.6. The quantitative estimate of drug-likeness (QED) is 0.154. The summed E-state index contributed by atoms with van der Waals surface area (Å²) in [5.41, 5.74) is 16.5. The molecule has 0 N–H and O–H groups in total. The van der Waals surface area contributed by atoms with E-state index in [4.69, 9.17) is 0 Å². The Morgan fingerprint density at radius 2 is 0.877 bits per heavy atom. The molecule has 0 aliphatic carbocycles. The van der Waals surface area contributed by atoms with Gasteiger partial charge in [0.15, 0.2) is 0 Å². The fourth-order valence-corrected chi connectivity index (χ4v) is 14.7. The van der Waals surface area contributed by atoms with Crippen LogP contribution in [0.25, 0.3) is 0 Å². The van der Waals surface area contributed by atoms with E-state index in [0.717, 1.165) is 17.1 Å². The molecule has 0 atom stereocenters. The third-order valence-electron chi connectivity index (χ3n) is 13.7. The second-order valence-corrected chi connectivity index (χ2v) is 24.3. The Hall–Kier alpha value is -6.23. The molecular formula is C61H61BN2S. The zero-order valence-electron chi connectivity index (χ0n) is 39.8. The fraction of sp³-hybridized carbons (Fsp3) is 0.213. The van der Waals surface area contributed by atoms with Gasteiger partial charge in [0.2, 0.25) is 6.71 Å². The summed E-state index contributed by atoms with van der Waals surface area (Å²) in [5.74, 6) is 0. The van der Waals surface area contributed by atoms with E-state index < -0.39 is 10.0 Å². The van der Waals surface area contributed by atoms with E-state index in [1.807, 2.05) is 0 Å². The lowest BCUT2D eigenvalue weighted by Crippen LogP contribution is -2.61. The molecular weight excluding hydrogens is 804 g/mol. The van der Waals surface area contributed by atoms with Gasteiger partial charge in [-0.25, -0.2) is 0 Å². The van der Waals surface area contributed by atoms with Crippen molar-refractivity contribution in [3.05, 3.63) is 210 Å². The number of rotatable bonds is 6. The normalized spacial score (nSPS) is 14.6. The lowest BCUT2D eigenvalue weighted by Gasteiger charge is -2.51. The molecule has 2 aliphatic heterocycles. The van der Waals surface area contributed by atoms with Crippen LogP contribution in [-0.4, -0.2) is 6.71 Å².